The molecule has 1 atom stereocenters. The van der Waals surface area contributed by atoms with Gasteiger partial charge in [0.2, 0.25) is 5.91 Å². The van der Waals surface area contributed by atoms with Gasteiger partial charge in [-0.15, -0.1) is 0 Å². The normalized spacial score (nSPS) is 17.3. The van der Waals surface area contributed by atoms with Crippen molar-refractivity contribution in [2.24, 2.45) is 5.92 Å². The van der Waals surface area contributed by atoms with E-state index < -0.39 is 18.1 Å². The zero-order valence-electron chi connectivity index (χ0n) is 9.95. The van der Waals surface area contributed by atoms with Gasteiger partial charge in [0.25, 0.3) is 0 Å². The maximum absolute atomic E-state index is 13.1. The largest absolute Gasteiger partial charge is 0.413 e. The lowest BCUT2D eigenvalue weighted by Gasteiger charge is -2.30. The van der Waals surface area contributed by atoms with Crippen molar-refractivity contribution in [3.8, 4) is 0 Å². The number of benzene rings is 1. The Hall–Kier alpha value is -1.52. The van der Waals surface area contributed by atoms with Crippen molar-refractivity contribution < 1.29 is 18.0 Å². The molecule has 1 aliphatic carbocycles. The SMILES string of the molecule is CN(C(=O)C1CC1)C(c1ccccc1)C(F)(F)F. The summed E-state index contributed by atoms with van der Waals surface area (Å²) >= 11 is 0. The lowest BCUT2D eigenvalue weighted by atomic mass is 10.0. The van der Waals surface area contributed by atoms with Crippen molar-refractivity contribution in [2.75, 3.05) is 7.05 Å². The fourth-order valence-electron chi connectivity index (χ4n) is 2.01. The molecule has 0 saturated heterocycles. The molecular formula is C13H14F3NO. The van der Waals surface area contributed by atoms with E-state index in [0.29, 0.717) is 12.8 Å². The number of hydrogen-bond donors (Lipinski definition) is 0. The van der Waals surface area contributed by atoms with E-state index >= 15 is 0 Å². The number of alkyl halides is 3. The number of hydrogen-bond acceptors (Lipinski definition) is 1. The van der Waals surface area contributed by atoms with E-state index in [2.05, 4.69) is 0 Å². The van der Waals surface area contributed by atoms with Gasteiger partial charge in [-0.1, -0.05) is 30.3 Å². The second-order valence-electron chi connectivity index (χ2n) is 4.58. The van der Waals surface area contributed by atoms with Gasteiger partial charge in [0, 0.05) is 13.0 Å². The molecule has 0 N–H and O–H groups in total. The van der Waals surface area contributed by atoms with Crippen molar-refractivity contribution in [3.05, 3.63) is 35.9 Å². The first-order valence-corrected chi connectivity index (χ1v) is 5.79. The summed E-state index contributed by atoms with van der Waals surface area (Å²) in [4.78, 5) is 12.6. The van der Waals surface area contributed by atoms with Crippen LogP contribution in [-0.4, -0.2) is 24.0 Å². The monoisotopic (exact) mass is 257 g/mol. The van der Waals surface area contributed by atoms with E-state index in [-0.39, 0.29) is 11.5 Å². The molecule has 98 valence electrons. The van der Waals surface area contributed by atoms with Crippen LogP contribution in [0.15, 0.2) is 30.3 Å². The molecule has 1 fully saturated rings. The van der Waals surface area contributed by atoms with E-state index in [0.717, 1.165) is 4.90 Å². The quantitative estimate of drug-likeness (QED) is 0.814. The third kappa shape index (κ3) is 2.66. The van der Waals surface area contributed by atoms with Crippen LogP contribution < -0.4 is 0 Å². The van der Waals surface area contributed by atoms with Crippen molar-refractivity contribution in [1.82, 2.24) is 4.90 Å². The summed E-state index contributed by atoms with van der Waals surface area (Å²) in [5.74, 6) is -0.634. The predicted octanol–water partition coefficient (Wildman–Crippen LogP) is 3.16. The Labute approximate surface area is 103 Å². The van der Waals surface area contributed by atoms with Crippen molar-refractivity contribution >= 4 is 5.91 Å². The molecule has 0 spiro atoms. The molecule has 1 amide bonds. The van der Waals surface area contributed by atoms with Crippen LogP contribution in [0.5, 0.6) is 0 Å². The first-order chi connectivity index (χ1) is 8.41. The van der Waals surface area contributed by atoms with Crippen LogP contribution in [0.3, 0.4) is 0 Å². The van der Waals surface area contributed by atoms with Crippen LogP contribution in [0.1, 0.15) is 24.4 Å². The molecule has 2 nitrogen and oxygen atoms in total. The lowest BCUT2D eigenvalue weighted by Crippen LogP contribution is -2.40. The van der Waals surface area contributed by atoms with Gasteiger partial charge in [0.05, 0.1) is 0 Å². The van der Waals surface area contributed by atoms with Crippen LogP contribution in [0, 0.1) is 5.92 Å². The van der Waals surface area contributed by atoms with Gasteiger partial charge in [-0.25, -0.2) is 0 Å². The highest BCUT2D eigenvalue weighted by Gasteiger charge is 2.47. The number of carbonyl (C=O) groups excluding carboxylic acids is 1. The Morgan fingerprint density at radius 1 is 1.28 bits per heavy atom. The molecule has 0 aliphatic heterocycles. The molecule has 5 heteroatoms. The van der Waals surface area contributed by atoms with Gasteiger partial charge in [0.1, 0.15) is 0 Å². The highest BCUT2D eigenvalue weighted by atomic mass is 19.4. The molecule has 0 radical (unpaired) electrons. The van der Waals surface area contributed by atoms with Gasteiger partial charge in [-0.2, -0.15) is 13.2 Å². The fraction of sp³-hybridized carbons (Fsp3) is 0.462. The Morgan fingerprint density at radius 3 is 2.28 bits per heavy atom. The highest BCUT2D eigenvalue weighted by Crippen LogP contribution is 2.40. The number of nitrogens with zero attached hydrogens (tertiary/aromatic N) is 1. The van der Waals surface area contributed by atoms with E-state index in [1.807, 2.05) is 0 Å². The molecule has 1 aromatic carbocycles. The van der Waals surface area contributed by atoms with Crippen molar-refractivity contribution in [2.45, 2.75) is 25.1 Å². The maximum atomic E-state index is 13.1. The predicted molar refractivity (Wildman–Crippen MR) is 60.7 cm³/mol. The van der Waals surface area contributed by atoms with E-state index in [1.165, 1.54) is 19.2 Å². The molecule has 0 bridgehead atoms. The minimum absolute atomic E-state index is 0.0986. The zero-order valence-corrected chi connectivity index (χ0v) is 9.95. The van der Waals surface area contributed by atoms with Gasteiger partial charge < -0.3 is 4.90 Å². The molecule has 0 heterocycles. The van der Waals surface area contributed by atoms with Crippen LogP contribution in [0.25, 0.3) is 0 Å². The van der Waals surface area contributed by atoms with Gasteiger partial charge in [-0.05, 0) is 18.4 Å². The summed E-state index contributed by atoms with van der Waals surface area (Å²) in [6.07, 6.45) is -3.06. The summed E-state index contributed by atoms with van der Waals surface area (Å²) in [6, 6.07) is 5.68. The number of rotatable bonds is 3. The molecule has 0 aromatic heterocycles. The molecule has 1 aliphatic rings. The highest BCUT2D eigenvalue weighted by molar-refractivity contribution is 5.81. The second kappa shape index (κ2) is 4.63. The van der Waals surface area contributed by atoms with Gasteiger partial charge in [0.15, 0.2) is 6.04 Å². The lowest BCUT2D eigenvalue weighted by molar-refractivity contribution is -0.189. The minimum Gasteiger partial charge on any atom is -0.330 e. The van der Waals surface area contributed by atoms with Crippen molar-refractivity contribution in [1.29, 1.82) is 0 Å². The third-order valence-corrected chi connectivity index (χ3v) is 3.09. The summed E-state index contributed by atoms with van der Waals surface area (Å²) in [5, 5.41) is 0. The van der Waals surface area contributed by atoms with E-state index in [9.17, 15) is 18.0 Å². The maximum Gasteiger partial charge on any atom is 0.413 e. The average Bonchev–Trinajstić information content (AvgIpc) is 3.11. The van der Waals surface area contributed by atoms with Gasteiger partial charge in [-0.3, -0.25) is 4.79 Å². The average molecular weight is 257 g/mol. The number of halogens is 3. The second-order valence-corrected chi connectivity index (χ2v) is 4.58. The smallest absolute Gasteiger partial charge is 0.330 e. The Morgan fingerprint density at radius 2 is 1.83 bits per heavy atom. The first kappa shape index (κ1) is 12.9. The van der Waals surface area contributed by atoms with Crippen LogP contribution in [-0.2, 0) is 4.79 Å². The van der Waals surface area contributed by atoms with Crippen molar-refractivity contribution in [3.63, 3.8) is 0 Å². The van der Waals surface area contributed by atoms with E-state index in [1.54, 1.807) is 18.2 Å². The zero-order chi connectivity index (χ0) is 13.3. The fourth-order valence-corrected chi connectivity index (χ4v) is 2.01. The Kier molecular flexibility index (Phi) is 3.32. The Bertz CT molecular complexity index is 426. The standard InChI is InChI=1S/C13H14F3NO/c1-17(12(18)10-7-8-10)11(13(14,15)16)9-5-3-2-4-6-9/h2-6,10-11H,7-8H2,1H3. The molecule has 18 heavy (non-hydrogen) atoms. The molecule has 1 saturated carbocycles. The summed E-state index contributed by atoms with van der Waals surface area (Å²) in [6.45, 7) is 0. The summed E-state index contributed by atoms with van der Waals surface area (Å²) < 4.78 is 39.3. The van der Waals surface area contributed by atoms with Crippen LogP contribution in [0.4, 0.5) is 13.2 Å². The molecule has 2 rings (SSSR count). The van der Waals surface area contributed by atoms with Crippen LogP contribution in [0.2, 0.25) is 0 Å². The number of carbonyl (C=O) groups is 1. The first-order valence-electron chi connectivity index (χ1n) is 5.79. The topological polar surface area (TPSA) is 20.3 Å². The third-order valence-electron chi connectivity index (χ3n) is 3.09. The summed E-state index contributed by atoms with van der Waals surface area (Å²) in [5.41, 5.74) is 0.0986. The van der Waals surface area contributed by atoms with Crippen LogP contribution >= 0.6 is 0 Å². The minimum atomic E-state index is -4.46. The molecule has 1 aromatic rings. The Balaban J connectivity index is 2.28. The van der Waals surface area contributed by atoms with E-state index in [4.69, 9.17) is 0 Å². The number of amides is 1. The molecular weight excluding hydrogens is 243 g/mol. The summed E-state index contributed by atoms with van der Waals surface area (Å²) in [7, 11) is 1.23. The van der Waals surface area contributed by atoms with Gasteiger partial charge >= 0.3 is 6.18 Å². The molecule has 1 unspecified atom stereocenters.